The first-order valence-corrected chi connectivity index (χ1v) is 10.9. The quantitative estimate of drug-likeness (QED) is 0.673. The molecule has 0 bridgehead atoms. The number of benzene rings is 2. The number of likely N-dealkylation sites (N-methyl/N-ethyl adjacent to an activating group) is 1. The molecule has 0 radical (unpaired) electrons. The van der Waals surface area contributed by atoms with Crippen molar-refractivity contribution in [3.63, 3.8) is 0 Å². The van der Waals surface area contributed by atoms with Gasteiger partial charge < -0.3 is 14.5 Å². The summed E-state index contributed by atoms with van der Waals surface area (Å²) in [6.07, 6.45) is 0.929. The summed E-state index contributed by atoms with van der Waals surface area (Å²) in [4.78, 5) is 32.9. The van der Waals surface area contributed by atoms with Gasteiger partial charge in [-0.2, -0.15) is 0 Å². The highest BCUT2D eigenvalue weighted by molar-refractivity contribution is 6.45. The van der Waals surface area contributed by atoms with Crippen LogP contribution in [0.3, 0.4) is 0 Å². The summed E-state index contributed by atoms with van der Waals surface area (Å²) < 4.78 is 5.69. The molecule has 2 amide bonds. The molecule has 2 aromatic carbocycles. The second-order valence-electron chi connectivity index (χ2n) is 8.12. The maximum atomic E-state index is 13.6. The molecule has 0 unspecified atom stereocenters. The first-order chi connectivity index (χ1) is 15.0. The lowest BCUT2D eigenvalue weighted by atomic mass is 10.0. The van der Waals surface area contributed by atoms with Gasteiger partial charge in [-0.1, -0.05) is 37.3 Å². The van der Waals surface area contributed by atoms with Crippen LogP contribution in [0.25, 0.3) is 5.57 Å². The Balaban J connectivity index is 1.75. The highest BCUT2D eigenvalue weighted by Crippen LogP contribution is 2.36. The average molecular weight is 420 g/mol. The van der Waals surface area contributed by atoms with E-state index < -0.39 is 0 Å². The molecule has 0 atom stereocenters. The number of nitrogens with zero attached hydrogens (tertiary/aromatic N) is 3. The van der Waals surface area contributed by atoms with Gasteiger partial charge in [0.05, 0.1) is 17.9 Å². The molecule has 0 aliphatic carbocycles. The smallest absolute Gasteiger partial charge is 0.282 e. The molecular weight excluding hydrogens is 390 g/mol. The summed E-state index contributed by atoms with van der Waals surface area (Å²) in [5, 5.41) is 0. The lowest BCUT2D eigenvalue weighted by Gasteiger charge is -2.34. The molecule has 2 aliphatic heterocycles. The number of carbonyl (C=O) groups is 2. The van der Waals surface area contributed by atoms with Crippen LogP contribution in [0, 0.1) is 6.92 Å². The lowest BCUT2D eigenvalue weighted by Crippen LogP contribution is -2.46. The molecule has 162 valence electrons. The second kappa shape index (κ2) is 8.94. The van der Waals surface area contributed by atoms with Crippen LogP contribution in [0.1, 0.15) is 24.5 Å². The highest BCUT2D eigenvalue weighted by atomic mass is 16.5. The van der Waals surface area contributed by atoms with E-state index >= 15 is 0 Å². The summed E-state index contributed by atoms with van der Waals surface area (Å²) in [6.45, 7) is 7.76. The third kappa shape index (κ3) is 4.08. The van der Waals surface area contributed by atoms with Crippen LogP contribution in [0.2, 0.25) is 0 Å². The van der Waals surface area contributed by atoms with Crippen LogP contribution in [-0.4, -0.2) is 61.4 Å². The Morgan fingerprint density at radius 3 is 2.23 bits per heavy atom. The van der Waals surface area contributed by atoms with Gasteiger partial charge in [-0.25, -0.2) is 4.90 Å². The van der Waals surface area contributed by atoms with Crippen LogP contribution in [0.5, 0.6) is 5.75 Å². The monoisotopic (exact) mass is 419 g/mol. The zero-order valence-corrected chi connectivity index (χ0v) is 18.4. The second-order valence-corrected chi connectivity index (χ2v) is 8.12. The molecule has 0 N–H and O–H groups in total. The molecule has 0 aromatic heterocycles. The van der Waals surface area contributed by atoms with Crippen molar-refractivity contribution in [3.8, 4) is 5.75 Å². The SMILES string of the molecule is CCCOc1ccc(C2=C(N3CCN(C)CC3)C(=O)N(c3ccccc3C)C2=O)cc1. The Labute approximate surface area is 183 Å². The Kier molecular flexibility index (Phi) is 6.09. The van der Waals surface area contributed by atoms with E-state index in [2.05, 4.69) is 23.8 Å². The largest absolute Gasteiger partial charge is 0.494 e. The molecule has 31 heavy (non-hydrogen) atoms. The number of amides is 2. The molecule has 0 spiro atoms. The van der Waals surface area contributed by atoms with Gasteiger partial charge in [0.15, 0.2) is 0 Å². The number of aryl methyl sites for hydroxylation is 1. The van der Waals surface area contributed by atoms with Crippen LogP contribution in [-0.2, 0) is 9.59 Å². The molecule has 1 saturated heterocycles. The normalized spacial score (nSPS) is 17.6. The fraction of sp³-hybridized carbons (Fsp3) is 0.360. The molecule has 2 aromatic rings. The predicted molar refractivity (Wildman–Crippen MR) is 122 cm³/mol. The minimum atomic E-state index is -0.268. The van der Waals surface area contributed by atoms with Gasteiger partial charge in [-0.15, -0.1) is 0 Å². The summed E-state index contributed by atoms with van der Waals surface area (Å²) in [5.41, 5.74) is 3.25. The van der Waals surface area contributed by atoms with Crippen molar-refractivity contribution in [2.45, 2.75) is 20.3 Å². The first kappa shape index (κ1) is 21.1. The van der Waals surface area contributed by atoms with Crippen molar-refractivity contribution in [1.29, 1.82) is 0 Å². The fourth-order valence-electron chi connectivity index (χ4n) is 4.07. The Hall–Kier alpha value is -3.12. The van der Waals surface area contributed by atoms with Crippen LogP contribution in [0.4, 0.5) is 5.69 Å². The van der Waals surface area contributed by atoms with Crippen molar-refractivity contribution >= 4 is 23.1 Å². The predicted octanol–water partition coefficient (Wildman–Crippen LogP) is 3.32. The van der Waals surface area contributed by atoms with Gasteiger partial charge >= 0.3 is 0 Å². The number of ether oxygens (including phenoxy) is 1. The standard InChI is InChI=1S/C25H29N3O3/c1-4-17-31-20-11-9-19(10-12-20)22-23(27-15-13-26(3)14-16-27)25(30)28(24(22)29)21-8-6-5-7-18(21)2/h5-12H,4,13-17H2,1-3H3. The van der Waals surface area contributed by atoms with Crippen LogP contribution >= 0.6 is 0 Å². The third-order valence-corrected chi connectivity index (χ3v) is 5.85. The Morgan fingerprint density at radius 1 is 0.903 bits per heavy atom. The van der Waals surface area contributed by atoms with Crippen molar-refractivity contribution in [2.24, 2.45) is 0 Å². The summed E-state index contributed by atoms with van der Waals surface area (Å²) in [5.74, 6) is 0.250. The number of para-hydroxylation sites is 1. The van der Waals surface area contributed by atoms with E-state index in [1.54, 1.807) is 0 Å². The Morgan fingerprint density at radius 2 is 1.58 bits per heavy atom. The molecular formula is C25H29N3O3. The molecule has 4 rings (SSSR count). The van der Waals surface area contributed by atoms with Gasteiger partial charge in [0.1, 0.15) is 11.4 Å². The highest BCUT2D eigenvalue weighted by Gasteiger charge is 2.43. The van der Waals surface area contributed by atoms with Crippen molar-refractivity contribution in [3.05, 3.63) is 65.4 Å². The number of anilines is 1. The zero-order chi connectivity index (χ0) is 22.0. The van der Waals surface area contributed by atoms with Gasteiger partial charge in [0, 0.05) is 26.2 Å². The number of piperazine rings is 1. The number of hydrogen-bond acceptors (Lipinski definition) is 5. The fourth-order valence-corrected chi connectivity index (χ4v) is 4.07. The van der Waals surface area contributed by atoms with E-state index in [1.807, 2.05) is 55.5 Å². The number of hydrogen-bond donors (Lipinski definition) is 0. The third-order valence-electron chi connectivity index (χ3n) is 5.85. The number of rotatable bonds is 6. The van der Waals surface area contributed by atoms with Gasteiger partial charge in [0.2, 0.25) is 0 Å². The van der Waals surface area contributed by atoms with Crippen LogP contribution < -0.4 is 9.64 Å². The molecule has 0 saturated carbocycles. The summed E-state index contributed by atoms with van der Waals surface area (Å²) in [7, 11) is 2.07. The summed E-state index contributed by atoms with van der Waals surface area (Å²) >= 11 is 0. The van der Waals surface area contributed by atoms with Gasteiger partial charge in [-0.05, 0) is 49.7 Å². The topological polar surface area (TPSA) is 53.1 Å². The maximum absolute atomic E-state index is 13.6. The van der Waals surface area contributed by atoms with E-state index in [-0.39, 0.29) is 11.8 Å². The molecule has 6 heteroatoms. The lowest BCUT2D eigenvalue weighted by molar-refractivity contribution is -0.120. The van der Waals surface area contributed by atoms with E-state index in [1.165, 1.54) is 4.90 Å². The summed E-state index contributed by atoms with van der Waals surface area (Å²) in [6, 6.07) is 15.0. The average Bonchev–Trinajstić information content (AvgIpc) is 3.04. The van der Waals surface area contributed by atoms with E-state index in [4.69, 9.17) is 4.74 Å². The number of carbonyl (C=O) groups excluding carboxylic acids is 2. The van der Waals surface area contributed by atoms with Gasteiger partial charge in [-0.3, -0.25) is 9.59 Å². The molecule has 2 aliphatic rings. The van der Waals surface area contributed by atoms with E-state index in [0.29, 0.717) is 36.7 Å². The maximum Gasteiger partial charge on any atom is 0.282 e. The van der Waals surface area contributed by atoms with Gasteiger partial charge in [0.25, 0.3) is 11.8 Å². The van der Waals surface area contributed by atoms with Crippen LogP contribution in [0.15, 0.2) is 54.2 Å². The minimum Gasteiger partial charge on any atom is -0.494 e. The molecule has 1 fully saturated rings. The number of imide groups is 1. The van der Waals surface area contributed by atoms with Crippen molar-refractivity contribution in [1.82, 2.24) is 9.80 Å². The van der Waals surface area contributed by atoms with E-state index in [0.717, 1.165) is 36.4 Å². The van der Waals surface area contributed by atoms with Crippen molar-refractivity contribution < 1.29 is 14.3 Å². The molecule has 2 heterocycles. The Bertz CT molecular complexity index is 1000. The first-order valence-electron chi connectivity index (χ1n) is 10.9. The minimum absolute atomic E-state index is 0.245. The zero-order valence-electron chi connectivity index (χ0n) is 18.4. The molecule has 6 nitrogen and oxygen atoms in total. The van der Waals surface area contributed by atoms with Crippen molar-refractivity contribution in [2.75, 3.05) is 44.7 Å². The van der Waals surface area contributed by atoms with E-state index in [9.17, 15) is 9.59 Å².